The van der Waals surface area contributed by atoms with Crippen molar-refractivity contribution in [2.75, 3.05) is 45.5 Å². The van der Waals surface area contributed by atoms with Crippen LogP contribution in [-0.4, -0.2) is 62.7 Å². The number of hydrogen-bond acceptors (Lipinski definition) is 5. The minimum Gasteiger partial charge on any atom is -0.478 e. The van der Waals surface area contributed by atoms with Crippen molar-refractivity contribution in [3.63, 3.8) is 0 Å². The van der Waals surface area contributed by atoms with Crippen LogP contribution in [0.4, 0.5) is 5.69 Å². The zero-order chi connectivity index (χ0) is 20.8. The molecule has 0 radical (unpaired) electrons. The van der Waals surface area contributed by atoms with E-state index in [2.05, 4.69) is 15.9 Å². The van der Waals surface area contributed by atoms with Gasteiger partial charge in [0.25, 0.3) is 0 Å². The first kappa shape index (κ1) is 21.6. The summed E-state index contributed by atoms with van der Waals surface area (Å²) in [7, 11) is 3.66. The minimum atomic E-state index is -0.926. The van der Waals surface area contributed by atoms with Crippen molar-refractivity contribution >= 4 is 23.3 Å². The first-order valence-electron chi connectivity index (χ1n) is 9.62. The van der Waals surface area contributed by atoms with Gasteiger partial charge in [-0.1, -0.05) is 23.7 Å². The first-order valence-corrected chi connectivity index (χ1v) is 10.00. The van der Waals surface area contributed by atoms with E-state index >= 15 is 0 Å². The lowest BCUT2D eigenvalue weighted by Gasteiger charge is -2.34. The van der Waals surface area contributed by atoms with Crippen LogP contribution in [0, 0.1) is 0 Å². The summed E-state index contributed by atoms with van der Waals surface area (Å²) in [6.45, 7) is 2.93. The van der Waals surface area contributed by atoms with Crippen molar-refractivity contribution in [3.05, 3.63) is 64.7 Å². The Hall–Kier alpha value is -2.12. The molecule has 2 unspecified atom stereocenters. The van der Waals surface area contributed by atoms with Crippen LogP contribution < -0.4 is 4.90 Å². The zero-order valence-electron chi connectivity index (χ0n) is 16.8. The average Bonchev–Trinajstić information content (AvgIpc) is 3.17. The summed E-state index contributed by atoms with van der Waals surface area (Å²) >= 11 is 6.26. The van der Waals surface area contributed by atoms with Gasteiger partial charge in [-0.25, -0.2) is 4.79 Å². The molecule has 3 rings (SSSR count). The summed E-state index contributed by atoms with van der Waals surface area (Å²) in [4.78, 5) is 15.7. The van der Waals surface area contributed by atoms with Crippen LogP contribution in [0.5, 0.6) is 0 Å². The molecule has 6 nitrogen and oxygen atoms in total. The largest absolute Gasteiger partial charge is 0.478 e. The molecule has 0 amide bonds. The molecule has 2 aromatic rings. The Morgan fingerprint density at radius 1 is 1.31 bits per heavy atom. The highest BCUT2D eigenvalue weighted by Gasteiger charge is 2.28. The summed E-state index contributed by atoms with van der Waals surface area (Å²) < 4.78 is 10.7. The van der Waals surface area contributed by atoms with Gasteiger partial charge in [-0.3, -0.25) is 4.90 Å². The number of halogens is 1. The van der Waals surface area contributed by atoms with Gasteiger partial charge in [-0.2, -0.15) is 0 Å². The third-order valence-corrected chi connectivity index (χ3v) is 5.54. The molecule has 0 spiro atoms. The summed E-state index contributed by atoms with van der Waals surface area (Å²) in [6, 6.07) is 14.9. The lowest BCUT2D eigenvalue weighted by Crippen LogP contribution is -2.36. The molecule has 0 aliphatic carbocycles. The number of ether oxygens (including phenoxy) is 2. The fourth-order valence-electron chi connectivity index (χ4n) is 3.69. The van der Waals surface area contributed by atoms with Crippen LogP contribution in [-0.2, 0) is 9.47 Å². The second-order valence-corrected chi connectivity index (χ2v) is 7.71. The quantitative estimate of drug-likeness (QED) is 0.623. The molecule has 7 heteroatoms. The van der Waals surface area contributed by atoms with Gasteiger partial charge in [0.2, 0.25) is 0 Å². The molecular weight excluding hydrogens is 392 g/mol. The van der Waals surface area contributed by atoms with Gasteiger partial charge < -0.3 is 19.5 Å². The fourth-order valence-corrected chi connectivity index (χ4v) is 3.89. The van der Waals surface area contributed by atoms with Gasteiger partial charge in [-0.15, -0.1) is 0 Å². The van der Waals surface area contributed by atoms with Crippen molar-refractivity contribution < 1.29 is 19.4 Å². The van der Waals surface area contributed by atoms with E-state index in [1.807, 2.05) is 37.4 Å². The van der Waals surface area contributed by atoms with Gasteiger partial charge in [-0.05, 0) is 48.4 Å². The molecule has 156 valence electrons. The number of likely N-dealkylation sites (N-methyl/N-ethyl adjacent to an activating group) is 1. The topological polar surface area (TPSA) is 62.2 Å². The number of carboxylic acid groups (broad SMARTS) is 1. The molecule has 1 saturated heterocycles. The van der Waals surface area contributed by atoms with Gasteiger partial charge in [0.15, 0.2) is 0 Å². The van der Waals surface area contributed by atoms with Crippen LogP contribution in [0.2, 0.25) is 5.02 Å². The first-order chi connectivity index (χ1) is 14.0. The number of anilines is 1. The Kier molecular flexibility index (Phi) is 7.50. The van der Waals surface area contributed by atoms with Crippen LogP contribution in [0.1, 0.15) is 28.4 Å². The van der Waals surface area contributed by atoms with Crippen molar-refractivity contribution in [3.8, 4) is 0 Å². The Bertz CT molecular complexity index is 815. The number of aromatic carboxylic acids is 1. The summed E-state index contributed by atoms with van der Waals surface area (Å²) in [5.41, 5.74) is 2.34. The van der Waals surface area contributed by atoms with Crippen molar-refractivity contribution in [1.82, 2.24) is 4.90 Å². The minimum absolute atomic E-state index is 0.0607. The molecule has 1 aliphatic rings. The Morgan fingerprint density at radius 2 is 2.07 bits per heavy atom. The van der Waals surface area contributed by atoms with Crippen molar-refractivity contribution in [2.24, 2.45) is 0 Å². The predicted octanol–water partition coefficient (Wildman–Crippen LogP) is 3.91. The van der Waals surface area contributed by atoms with Crippen molar-refractivity contribution in [2.45, 2.75) is 18.6 Å². The van der Waals surface area contributed by atoms with E-state index in [9.17, 15) is 4.79 Å². The Labute approximate surface area is 176 Å². The second-order valence-electron chi connectivity index (χ2n) is 7.28. The van der Waals surface area contributed by atoms with Crippen LogP contribution in [0.15, 0.2) is 48.5 Å². The van der Waals surface area contributed by atoms with E-state index in [4.69, 9.17) is 26.2 Å². The van der Waals surface area contributed by atoms with Gasteiger partial charge in [0.1, 0.15) is 6.79 Å². The smallest absolute Gasteiger partial charge is 0.335 e. The molecule has 1 N–H and O–H groups in total. The van der Waals surface area contributed by atoms with E-state index in [1.54, 1.807) is 19.2 Å². The predicted molar refractivity (Wildman–Crippen MR) is 114 cm³/mol. The van der Waals surface area contributed by atoms with Gasteiger partial charge >= 0.3 is 5.97 Å². The van der Waals surface area contributed by atoms with E-state index in [-0.39, 0.29) is 17.7 Å². The number of nitrogens with zero attached hydrogens (tertiary/aromatic N) is 2. The molecule has 1 aliphatic heterocycles. The summed E-state index contributed by atoms with van der Waals surface area (Å²) in [6.07, 6.45) is 1.15. The zero-order valence-corrected chi connectivity index (χ0v) is 17.5. The molecule has 1 heterocycles. The maximum atomic E-state index is 11.2. The molecule has 2 aromatic carbocycles. The van der Waals surface area contributed by atoms with Crippen LogP contribution >= 0.6 is 11.6 Å². The van der Waals surface area contributed by atoms with Gasteiger partial charge in [0.05, 0.1) is 17.7 Å². The monoisotopic (exact) mass is 418 g/mol. The third-order valence-electron chi connectivity index (χ3n) is 5.30. The van der Waals surface area contributed by atoms with E-state index in [0.29, 0.717) is 11.8 Å². The fraction of sp³-hybridized carbons (Fsp3) is 0.409. The van der Waals surface area contributed by atoms with Crippen LogP contribution in [0.25, 0.3) is 0 Å². The number of rotatable bonds is 9. The highest BCUT2D eigenvalue weighted by molar-refractivity contribution is 6.30. The Morgan fingerprint density at radius 3 is 2.72 bits per heavy atom. The molecule has 2 atom stereocenters. The normalized spacial score (nSPS) is 18.0. The van der Waals surface area contributed by atoms with E-state index in [0.717, 1.165) is 37.3 Å². The average molecular weight is 419 g/mol. The number of carbonyl (C=O) groups is 1. The maximum Gasteiger partial charge on any atom is 0.335 e. The third kappa shape index (κ3) is 5.70. The van der Waals surface area contributed by atoms with E-state index in [1.165, 1.54) is 0 Å². The van der Waals surface area contributed by atoms with Crippen molar-refractivity contribution in [1.29, 1.82) is 0 Å². The van der Waals surface area contributed by atoms with Gasteiger partial charge in [0, 0.05) is 44.5 Å². The number of hydrogen-bond donors (Lipinski definition) is 1. The highest BCUT2D eigenvalue weighted by Crippen LogP contribution is 2.29. The standard InChI is InChI=1S/C22H27ClN2O4/c1-24(19-8-6-16(7-9-19)22(26)27)21(17-4-3-5-18(23)12-17)14-25-11-10-20(13-25)29-15-28-2/h3-9,12,20-21H,10-11,13-15H2,1-2H3,(H,26,27). The molecule has 0 bridgehead atoms. The lowest BCUT2D eigenvalue weighted by atomic mass is 10.0. The molecular formula is C22H27ClN2O4. The SMILES string of the molecule is COCOC1CCN(CC(c2cccc(Cl)c2)N(C)c2ccc(C(=O)O)cc2)C1. The highest BCUT2D eigenvalue weighted by atomic mass is 35.5. The Balaban J connectivity index is 1.79. The second kappa shape index (κ2) is 10.1. The number of likely N-dealkylation sites (tertiary alicyclic amines) is 1. The number of carboxylic acids is 1. The molecule has 29 heavy (non-hydrogen) atoms. The maximum absolute atomic E-state index is 11.2. The molecule has 0 aromatic heterocycles. The molecule has 0 saturated carbocycles. The summed E-state index contributed by atoms with van der Waals surface area (Å²) in [5, 5.41) is 9.85. The van der Waals surface area contributed by atoms with Crippen LogP contribution in [0.3, 0.4) is 0 Å². The molecule has 1 fully saturated rings. The summed E-state index contributed by atoms with van der Waals surface area (Å²) in [5.74, 6) is -0.926. The van der Waals surface area contributed by atoms with E-state index < -0.39 is 5.97 Å². The lowest BCUT2D eigenvalue weighted by molar-refractivity contribution is -0.0671. The number of methoxy groups -OCH3 is 1. The number of benzene rings is 2.